The van der Waals surface area contributed by atoms with Crippen LogP contribution in [-0.2, 0) is 0 Å². The average Bonchev–Trinajstić information content (AvgIpc) is 2.75. The lowest BCUT2D eigenvalue weighted by atomic mass is 10.1. The van der Waals surface area contributed by atoms with Gasteiger partial charge in [-0.3, -0.25) is 0 Å². The van der Waals surface area contributed by atoms with Crippen LogP contribution < -0.4 is 5.73 Å². The molecule has 0 spiro atoms. The molecule has 3 aromatic rings. The van der Waals surface area contributed by atoms with Crippen LogP contribution in [0.25, 0.3) is 22.5 Å². The Labute approximate surface area is 130 Å². The standard InChI is InChI=1S/C16H12INO2/c17-12-8-4-7-11(9-12)13-14(19)15(20-16(13)18)10-5-2-1-3-6-10/h1-9,19H,18H2. The Kier molecular flexibility index (Phi) is 3.40. The normalized spacial score (nSPS) is 10.7. The largest absolute Gasteiger partial charge is 0.504 e. The van der Waals surface area contributed by atoms with Gasteiger partial charge in [0.05, 0.1) is 5.56 Å². The molecule has 2 aromatic carbocycles. The Morgan fingerprint density at radius 2 is 1.65 bits per heavy atom. The molecule has 0 aliphatic carbocycles. The van der Waals surface area contributed by atoms with E-state index in [4.69, 9.17) is 10.2 Å². The zero-order valence-electron chi connectivity index (χ0n) is 10.5. The smallest absolute Gasteiger partial charge is 0.202 e. The number of nitrogen functional groups attached to an aromatic ring is 1. The van der Waals surface area contributed by atoms with E-state index >= 15 is 0 Å². The van der Waals surface area contributed by atoms with Gasteiger partial charge in [-0.2, -0.15) is 0 Å². The van der Waals surface area contributed by atoms with E-state index in [1.54, 1.807) is 0 Å². The first-order valence-electron chi connectivity index (χ1n) is 6.09. The second-order valence-electron chi connectivity index (χ2n) is 4.40. The fourth-order valence-electron chi connectivity index (χ4n) is 2.15. The van der Waals surface area contributed by atoms with Gasteiger partial charge in [-0.05, 0) is 40.3 Å². The lowest BCUT2D eigenvalue weighted by molar-refractivity contribution is 0.467. The number of aromatic hydroxyl groups is 1. The number of hydrogen-bond acceptors (Lipinski definition) is 3. The maximum absolute atomic E-state index is 10.4. The summed E-state index contributed by atoms with van der Waals surface area (Å²) < 4.78 is 6.62. The summed E-state index contributed by atoms with van der Waals surface area (Å²) >= 11 is 2.22. The van der Waals surface area contributed by atoms with Gasteiger partial charge in [-0.1, -0.05) is 42.5 Å². The van der Waals surface area contributed by atoms with Crippen molar-refractivity contribution in [3.8, 4) is 28.2 Å². The highest BCUT2D eigenvalue weighted by Crippen LogP contribution is 2.44. The molecule has 3 nitrogen and oxygen atoms in total. The first-order chi connectivity index (χ1) is 9.66. The molecule has 0 bridgehead atoms. The molecular formula is C16H12INO2. The molecule has 20 heavy (non-hydrogen) atoms. The van der Waals surface area contributed by atoms with Crippen molar-refractivity contribution in [1.29, 1.82) is 0 Å². The van der Waals surface area contributed by atoms with Crippen LogP contribution in [0.2, 0.25) is 0 Å². The van der Waals surface area contributed by atoms with Gasteiger partial charge >= 0.3 is 0 Å². The first kappa shape index (κ1) is 13.1. The molecule has 0 saturated heterocycles. The molecule has 100 valence electrons. The molecule has 0 atom stereocenters. The maximum Gasteiger partial charge on any atom is 0.202 e. The lowest BCUT2D eigenvalue weighted by Gasteiger charge is -2.01. The zero-order chi connectivity index (χ0) is 14.1. The third-order valence-corrected chi connectivity index (χ3v) is 3.73. The van der Waals surface area contributed by atoms with Crippen LogP contribution >= 0.6 is 22.6 Å². The summed E-state index contributed by atoms with van der Waals surface area (Å²) in [6, 6.07) is 17.2. The summed E-state index contributed by atoms with van der Waals surface area (Å²) in [6.07, 6.45) is 0. The number of nitrogens with two attached hydrogens (primary N) is 1. The number of hydrogen-bond donors (Lipinski definition) is 2. The molecule has 3 N–H and O–H groups in total. The van der Waals surface area contributed by atoms with Crippen LogP contribution in [0.15, 0.2) is 59.0 Å². The second kappa shape index (κ2) is 5.20. The molecule has 1 heterocycles. The highest BCUT2D eigenvalue weighted by Gasteiger charge is 2.20. The predicted octanol–water partition coefficient (Wildman–Crippen LogP) is 4.51. The summed E-state index contributed by atoms with van der Waals surface area (Å²) in [6.45, 7) is 0. The fraction of sp³-hybridized carbons (Fsp3) is 0. The van der Waals surface area contributed by atoms with Crippen LogP contribution in [0, 0.1) is 3.57 Å². The molecule has 0 amide bonds. The van der Waals surface area contributed by atoms with Gasteiger partial charge in [0.2, 0.25) is 5.88 Å². The van der Waals surface area contributed by atoms with Crippen molar-refractivity contribution >= 4 is 28.5 Å². The topological polar surface area (TPSA) is 59.4 Å². The summed E-state index contributed by atoms with van der Waals surface area (Å²) in [7, 11) is 0. The molecule has 0 saturated carbocycles. The maximum atomic E-state index is 10.4. The minimum absolute atomic E-state index is 0.0794. The number of benzene rings is 2. The predicted molar refractivity (Wildman–Crippen MR) is 88.4 cm³/mol. The van der Waals surface area contributed by atoms with Gasteiger partial charge in [0.1, 0.15) is 0 Å². The van der Waals surface area contributed by atoms with E-state index in [0.29, 0.717) is 11.3 Å². The van der Waals surface area contributed by atoms with E-state index in [1.165, 1.54) is 0 Å². The van der Waals surface area contributed by atoms with Gasteiger partial charge in [0.15, 0.2) is 11.5 Å². The molecule has 4 heteroatoms. The highest BCUT2D eigenvalue weighted by molar-refractivity contribution is 14.1. The molecule has 3 rings (SSSR count). The summed E-state index contributed by atoms with van der Waals surface area (Å²) in [5.41, 5.74) is 8.12. The van der Waals surface area contributed by atoms with E-state index in [0.717, 1.165) is 14.7 Å². The van der Waals surface area contributed by atoms with E-state index in [1.807, 2.05) is 54.6 Å². The van der Waals surface area contributed by atoms with E-state index in [-0.39, 0.29) is 11.6 Å². The van der Waals surface area contributed by atoms with Crippen LogP contribution in [0.3, 0.4) is 0 Å². The Balaban J connectivity index is 2.17. The van der Waals surface area contributed by atoms with E-state index in [9.17, 15) is 5.11 Å². The molecule has 0 aliphatic rings. The van der Waals surface area contributed by atoms with Crippen molar-refractivity contribution in [3.63, 3.8) is 0 Å². The number of anilines is 1. The Hall–Kier alpha value is -1.95. The van der Waals surface area contributed by atoms with E-state index < -0.39 is 0 Å². The molecule has 1 aromatic heterocycles. The van der Waals surface area contributed by atoms with Crippen LogP contribution in [0.4, 0.5) is 5.88 Å². The summed E-state index contributed by atoms with van der Waals surface area (Å²) in [4.78, 5) is 0. The molecule has 0 radical (unpaired) electrons. The van der Waals surface area contributed by atoms with E-state index in [2.05, 4.69) is 22.6 Å². The highest BCUT2D eigenvalue weighted by atomic mass is 127. The Bertz CT molecular complexity index is 750. The molecule has 0 unspecified atom stereocenters. The van der Waals surface area contributed by atoms with Crippen molar-refractivity contribution < 1.29 is 9.52 Å². The third-order valence-electron chi connectivity index (χ3n) is 3.06. The van der Waals surface area contributed by atoms with Gasteiger partial charge in [-0.25, -0.2) is 0 Å². The number of furan rings is 1. The Morgan fingerprint density at radius 3 is 2.35 bits per heavy atom. The van der Waals surface area contributed by atoms with Gasteiger partial charge < -0.3 is 15.3 Å². The molecule has 0 fully saturated rings. The van der Waals surface area contributed by atoms with Crippen molar-refractivity contribution in [3.05, 3.63) is 58.2 Å². The number of halogens is 1. The Morgan fingerprint density at radius 1 is 0.950 bits per heavy atom. The molecular weight excluding hydrogens is 365 g/mol. The lowest BCUT2D eigenvalue weighted by Crippen LogP contribution is -1.85. The van der Waals surface area contributed by atoms with Crippen LogP contribution in [-0.4, -0.2) is 5.11 Å². The van der Waals surface area contributed by atoms with Crippen LogP contribution in [0.1, 0.15) is 0 Å². The van der Waals surface area contributed by atoms with Crippen LogP contribution in [0.5, 0.6) is 5.75 Å². The van der Waals surface area contributed by atoms with Gasteiger partial charge in [0, 0.05) is 9.13 Å². The monoisotopic (exact) mass is 377 g/mol. The summed E-state index contributed by atoms with van der Waals surface area (Å²) in [5.74, 6) is 0.705. The number of rotatable bonds is 2. The van der Waals surface area contributed by atoms with Gasteiger partial charge in [0.25, 0.3) is 0 Å². The quantitative estimate of drug-likeness (QED) is 0.647. The van der Waals surface area contributed by atoms with Crippen molar-refractivity contribution in [2.45, 2.75) is 0 Å². The first-order valence-corrected chi connectivity index (χ1v) is 7.17. The van der Waals surface area contributed by atoms with Crippen molar-refractivity contribution in [1.82, 2.24) is 0 Å². The fourth-order valence-corrected chi connectivity index (χ4v) is 2.69. The van der Waals surface area contributed by atoms with Crippen molar-refractivity contribution in [2.24, 2.45) is 0 Å². The third kappa shape index (κ3) is 2.27. The zero-order valence-corrected chi connectivity index (χ0v) is 12.7. The minimum atomic E-state index is 0.0794. The average molecular weight is 377 g/mol. The second-order valence-corrected chi connectivity index (χ2v) is 5.64. The SMILES string of the molecule is Nc1oc(-c2ccccc2)c(O)c1-c1cccc(I)c1. The van der Waals surface area contributed by atoms with Crippen molar-refractivity contribution in [2.75, 3.05) is 5.73 Å². The molecule has 0 aliphatic heterocycles. The van der Waals surface area contributed by atoms with Gasteiger partial charge in [-0.15, -0.1) is 0 Å². The minimum Gasteiger partial charge on any atom is -0.504 e. The summed E-state index contributed by atoms with van der Waals surface area (Å²) in [5, 5.41) is 10.4.